The molecule has 0 spiro atoms. The number of carboxylic acids is 1. The number of allylic oxidation sites excluding steroid dienone is 1. The minimum atomic E-state index is -4.55. The van der Waals surface area contributed by atoms with Crippen molar-refractivity contribution in [2.75, 3.05) is 5.75 Å². The van der Waals surface area contributed by atoms with Gasteiger partial charge < -0.3 is 16.2 Å². The number of carbonyl (C=O) groups is 1. The highest BCUT2D eigenvalue weighted by molar-refractivity contribution is 7.91. The number of halogens is 3. The Hall–Kier alpha value is -2.07. The van der Waals surface area contributed by atoms with Gasteiger partial charge in [-0.25, -0.2) is 13.2 Å². The molecule has 6 nitrogen and oxygen atoms in total. The molecule has 2 rings (SSSR count). The van der Waals surface area contributed by atoms with Crippen molar-refractivity contribution in [1.82, 2.24) is 5.32 Å². The van der Waals surface area contributed by atoms with E-state index in [1.54, 1.807) is 20.8 Å². The fourth-order valence-electron chi connectivity index (χ4n) is 4.04. The van der Waals surface area contributed by atoms with Gasteiger partial charge in [0.15, 0.2) is 9.84 Å². The van der Waals surface area contributed by atoms with Gasteiger partial charge in [-0.3, -0.25) is 0 Å². The Labute approximate surface area is 187 Å². The monoisotopic (exact) mass is 476 g/mol. The summed E-state index contributed by atoms with van der Waals surface area (Å²) >= 11 is 0. The fraction of sp³-hybridized carbons (Fsp3) is 0.591. The van der Waals surface area contributed by atoms with Gasteiger partial charge in [0, 0.05) is 12.1 Å². The number of carboxylic acid groups (broad SMARTS) is 1. The number of alkyl halides is 3. The van der Waals surface area contributed by atoms with Crippen molar-refractivity contribution < 1.29 is 31.5 Å². The van der Waals surface area contributed by atoms with Crippen LogP contribution in [0.2, 0.25) is 0 Å². The molecule has 1 aromatic carbocycles. The van der Waals surface area contributed by atoms with Crippen molar-refractivity contribution >= 4 is 21.4 Å². The Bertz CT molecular complexity index is 958. The molecule has 0 saturated heterocycles. The number of benzene rings is 1. The maximum absolute atomic E-state index is 13.2. The second-order valence-electron chi connectivity index (χ2n) is 8.55. The quantitative estimate of drug-likeness (QED) is 0.492. The van der Waals surface area contributed by atoms with E-state index in [9.17, 15) is 31.5 Å². The lowest BCUT2D eigenvalue weighted by Crippen LogP contribution is -2.48. The van der Waals surface area contributed by atoms with Crippen LogP contribution in [-0.4, -0.2) is 42.6 Å². The summed E-state index contributed by atoms with van der Waals surface area (Å²) in [6.45, 7) is 4.84. The SMILES string of the molecule is CCC(=C(N[C@@H]1CC[C@H](N)C[C@H]1CS(=O)(=O)C(C)C)C(=O)O)c1cccc(C(F)(F)F)c1. The minimum Gasteiger partial charge on any atom is -0.477 e. The highest BCUT2D eigenvalue weighted by atomic mass is 32.2. The zero-order valence-electron chi connectivity index (χ0n) is 18.4. The molecule has 0 heterocycles. The van der Waals surface area contributed by atoms with Gasteiger partial charge in [-0.2, -0.15) is 13.2 Å². The van der Waals surface area contributed by atoms with Crippen LogP contribution in [0, 0.1) is 5.92 Å². The molecular weight excluding hydrogens is 445 g/mol. The van der Waals surface area contributed by atoms with Crippen LogP contribution in [0.15, 0.2) is 30.0 Å². The zero-order chi connectivity index (χ0) is 24.3. The Kier molecular flexibility index (Phi) is 8.38. The van der Waals surface area contributed by atoms with Crippen molar-refractivity contribution in [2.24, 2.45) is 11.7 Å². The molecule has 1 fully saturated rings. The molecule has 0 aliphatic heterocycles. The lowest BCUT2D eigenvalue weighted by molar-refractivity contribution is -0.137. The Morgan fingerprint density at radius 1 is 1.28 bits per heavy atom. The third-order valence-corrected chi connectivity index (χ3v) is 8.25. The molecular formula is C22H31F3N2O4S. The number of rotatable bonds is 8. The number of aliphatic carboxylic acids is 1. The van der Waals surface area contributed by atoms with E-state index in [2.05, 4.69) is 5.32 Å². The van der Waals surface area contributed by atoms with Gasteiger partial charge in [0.05, 0.1) is 16.6 Å². The van der Waals surface area contributed by atoms with Gasteiger partial charge >= 0.3 is 12.1 Å². The predicted octanol–water partition coefficient (Wildman–Crippen LogP) is 3.82. The highest BCUT2D eigenvalue weighted by Gasteiger charge is 2.35. The molecule has 3 atom stereocenters. The smallest absolute Gasteiger partial charge is 0.416 e. The van der Waals surface area contributed by atoms with Gasteiger partial charge in [0.25, 0.3) is 0 Å². The van der Waals surface area contributed by atoms with E-state index < -0.39 is 44.8 Å². The molecule has 1 aliphatic rings. The molecule has 0 bridgehead atoms. The third kappa shape index (κ3) is 6.48. The predicted molar refractivity (Wildman–Crippen MR) is 117 cm³/mol. The molecule has 0 aromatic heterocycles. The standard InChI is InChI=1S/C22H31F3N2O4S/c1-4-18(14-6-5-7-16(10-14)22(23,24)25)20(21(28)29)27-19-9-8-17(26)11-15(19)12-32(30,31)13(2)3/h5-7,10,13,15,17,19,27H,4,8-9,11-12,26H2,1-3H3,(H,28,29)/t15-,17-,19+/m0/s1. The topological polar surface area (TPSA) is 109 Å². The summed E-state index contributed by atoms with van der Waals surface area (Å²) in [5.74, 6) is -1.84. The van der Waals surface area contributed by atoms with Crippen LogP contribution in [0.4, 0.5) is 13.2 Å². The molecule has 4 N–H and O–H groups in total. The molecule has 0 amide bonds. The van der Waals surface area contributed by atoms with E-state index in [1.165, 1.54) is 12.1 Å². The van der Waals surface area contributed by atoms with Crippen molar-refractivity contribution in [1.29, 1.82) is 0 Å². The first-order valence-electron chi connectivity index (χ1n) is 10.6. The number of nitrogens with two attached hydrogens (primary N) is 1. The molecule has 32 heavy (non-hydrogen) atoms. The van der Waals surface area contributed by atoms with Crippen molar-refractivity contribution in [3.8, 4) is 0 Å². The van der Waals surface area contributed by atoms with E-state index in [0.717, 1.165) is 12.1 Å². The lowest BCUT2D eigenvalue weighted by atomic mass is 9.82. The third-order valence-electron chi connectivity index (χ3n) is 5.92. The van der Waals surface area contributed by atoms with Crippen LogP contribution in [0.3, 0.4) is 0 Å². The first kappa shape index (κ1) is 26.2. The molecule has 0 radical (unpaired) electrons. The Morgan fingerprint density at radius 3 is 2.47 bits per heavy atom. The fourth-order valence-corrected chi connectivity index (χ4v) is 5.39. The highest BCUT2D eigenvalue weighted by Crippen LogP contribution is 2.33. The summed E-state index contributed by atoms with van der Waals surface area (Å²) in [6, 6.07) is 3.88. The summed E-state index contributed by atoms with van der Waals surface area (Å²) in [6.07, 6.45) is -2.90. The molecule has 1 aliphatic carbocycles. The van der Waals surface area contributed by atoms with Crippen molar-refractivity contribution in [2.45, 2.75) is 70.0 Å². The van der Waals surface area contributed by atoms with Gasteiger partial charge in [0.2, 0.25) is 0 Å². The van der Waals surface area contributed by atoms with Crippen molar-refractivity contribution in [3.63, 3.8) is 0 Å². The normalized spacial score (nSPS) is 23.1. The van der Waals surface area contributed by atoms with Crippen LogP contribution >= 0.6 is 0 Å². The maximum Gasteiger partial charge on any atom is 0.416 e. The average molecular weight is 477 g/mol. The maximum atomic E-state index is 13.2. The molecule has 10 heteroatoms. The van der Waals surface area contributed by atoms with Crippen LogP contribution < -0.4 is 11.1 Å². The second-order valence-corrected chi connectivity index (χ2v) is 11.2. The van der Waals surface area contributed by atoms with Gasteiger partial charge in [0.1, 0.15) is 5.70 Å². The van der Waals surface area contributed by atoms with Crippen LogP contribution in [0.25, 0.3) is 5.57 Å². The first-order chi connectivity index (χ1) is 14.8. The minimum absolute atomic E-state index is 0.131. The Balaban J connectivity index is 2.45. The van der Waals surface area contributed by atoms with E-state index in [1.807, 2.05) is 0 Å². The molecule has 0 unspecified atom stereocenters. The number of sulfone groups is 1. The Morgan fingerprint density at radius 2 is 1.94 bits per heavy atom. The van der Waals surface area contributed by atoms with E-state index in [-0.39, 0.29) is 35.0 Å². The van der Waals surface area contributed by atoms with E-state index in [4.69, 9.17) is 5.73 Å². The largest absolute Gasteiger partial charge is 0.477 e. The molecule has 180 valence electrons. The number of nitrogens with one attached hydrogen (secondary N) is 1. The van der Waals surface area contributed by atoms with Gasteiger partial charge in [-0.15, -0.1) is 0 Å². The second kappa shape index (κ2) is 10.2. The lowest BCUT2D eigenvalue weighted by Gasteiger charge is -2.36. The summed E-state index contributed by atoms with van der Waals surface area (Å²) in [5.41, 5.74) is 5.36. The summed E-state index contributed by atoms with van der Waals surface area (Å²) in [7, 11) is -3.39. The summed E-state index contributed by atoms with van der Waals surface area (Å²) < 4.78 is 64.5. The summed E-state index contributed by atoms with van der Waals surface area (Å²) in [4.78, 5) is 12.1. The van der Waals surface area contributed by atoms with Gasteiger partial charge in [-0.1, -0.05) is 19.1 Å². The van der Waals surface area contributed by atoms with Crippen LogP contribution in [-0.2, 0) is 20.8 Å². The number of hydrogen-bond acceptors (Lipinski definition) is 5. The average Bonchev–Trinajstić information content (AvgIpc) is 2.68. The summed E-state index contributed by atoms with van der Waals surface area (Å²) in [5, 5.41) is 12.3. The molecule has 1 aromatic rings. The number of hydrogen-bond donors (Lipinski definition) is 3. The van der Waals surface area contributed by atoms with E-state index in [0.29, 0.717) is 19.3 Å². The van der Waals surface area contributed by atoms with Crippen molar-refractivity contribution in [3.05, 3.63) is 41.1 Å². The van der Waals surface area contributed by atoms with E-state index >= 15 is 0 Å². The van der Waals surface area contributed by atoms with Gasteiger partial charge in [-0.05, 0) is 68.7 Å². The van der Waals surface area contributed by atoms with Crippen LogP contribution in [0.5, 0.6) is 0 Å². The zero-order valence-corrected chi connectivity index (χ0v) is 19.3. The first-order valence-corrected chi connectivity index (χ1v) is 12.4. The molecule has 1 saturated carbocycles. The van der Waals surface area contributed by atoms with Crippen LogP contribution in [0.1, 0.15) is 57.6 Å².